The molecule has 0 radical (unpaired) electrons. The van der Waals surface area contributed by atoms with Crippen LogP contribution in [0.3, 0.4) is 0 Å². The second-order valence-electron chi connectivity index (χ2n) is 3.99. The summed E-state index contributed by atoms with van der Waals surface area (Å²) < 4.78 is 0. The van der Waals surface area contributed by atoms with E-state index in [0.29, 0.717) is 11.9 Å². The van der Waals surface area contributed by atoms with E-state index >= 15 is 0 Å². The molecule has 2 rings (SSSR count). The predicted molar refractivity (Wildman–Crippen MR) is 58.0 cm³/mol. The molecule has 1 atom stereocenters. The Hall–Kier alpha value is -1.09. The minimum absolute atomic E-state index is 0.413. The molecule has 0 unspecified atom stereocenters. The van der Waals surface area contributed by atoms with E-state index in [1.165, 1.54) is 30.4 Å². The van der Waals surface area contributed by atoms with Crippen LogP contribution in [-0.2, 0) is 0 Å². The van der Waals surface area contributed by atoms with E-state index in [1.807, 2.05) is 6.20 Å². The number of rotatable bonds is 1. The zero-order chi connectivity index (χ0) is 9.97. The van der Waals surface area contributed by atoms with Gasteiger partial charge in [-0.25, -0.2) is 4.98 Å². The van der Waals surface area contributed by atoms with Crippen LogP contribution in [0.5, 0.6) is 0 Å². The van der Waals surface area contributed by atoms with Crippen molar-refractivity contribution < 1.29 is 0 Å². The van der Waals surface area contributed by atoms with Crippen molar-refractivity contribution in [2.24, 2.45) is 0 Å². The fraction of sp³-hybridized carbons (Fsp3) is 0.545. The molecular weight excluding hydrogens is 174 g/mol. The van der Waals surface area contributed by atoms with Gasteiger partial charge in [-0.3, -0.25) is 0 Å². The number of aromatic nitrogens is 1. The molecule has 0 bridgehead atoms. The zero-order valence-corrected chi connectivity index (χ0v) is 8.59. The number of anilines is 1. The summed E-state index contributed by atoms with van der Waals surface area (Å²) in [5.41, 5.74) is 8.22. The molecule has 2 heterocycles. The van der Waals surface area contributed by atoms with Gasteiger partial charge in [-0.1, -0.05) is 6.42 Å². The maximum Gasteiger partial charge on any atom is 0.128 e. The summed E-state index contributed by atoms with van der Waals surface area (Å²) in [6, 6.07) is 2.56. The van der Waals surface area contributed by atoms with E-state index in [0.717, 1.165) is 6.54 Å². The van der Waals surface area contributed by atoms with Gasteiger partial charge in [-0.15, -0.1) is 0 Å². The summed E-state index contributed by atoms with van der Waals surface area (Å²) in [7, 11) is 0. The van der Waals surface area contributed by atoms with Gasteiger partial charge >= 0.3 is 0 Å². The Morgan fingerprint density at radius 2 is 2.36 bits per heavy atom. The van der Waals surface area contributed by atoms with Crippen LogP contribution < -0.4 is 11.1 Å². The number of hydrogen-bond donors (Lipinski definition) is 2. The average molecular weight is 191 g/mol. The van der Waals surface area contributed by atoms with Gasteiger partial charge in [0.25, 0.3) is 0 Å². The highest BCUT2D eigenvalue weighted by molar-refractivity contribution is 5.43. The lowest BCUT2D eigenvalue weighted by Crippen LogP contribution is -2.27. The molecule has 1 aromatic rings. The van der Waals surface area contributed by atoms with Crippen molar-refractivity contribution in [3.05, 3.63) is 23.4 Å². The molecule has 0 aromatic carbocycles. The molecule has 14 heavy (non-hydrogen) atoms. The lowest BCUT2D eigenvalue weighted by molar-refractivity contribution is 0.412. The van der Waals surface area contributed by atoms with Crippen LogP contribution in [0.4, 0.5) is 5.82 Å². The fourth-order valence-corrected chi connectivity index (χ4v) is 2.00. The number of piperidine rings is 1. The molecule has 76 valence electrons. The van der Waals surface area contributed by atoms with Gasteiger partial charge in [0.15, 0.2) is 0 Å². The predicted octanol–water partition coefficient (Wildman–Crippen LogP) is 1.79. The standard InChI is InChI=1S/C11H17N3/c1-8-6-9(11(12)14-7-8)10-4-2-3-5-13-10/h6-7,10,13H,2-5H2,1H3,(H2,12,14)/t10-/m0/s1. The van der Waals surface area contributed by atoms with Crippen molar-refractivity contribution in [1.29, 1.82) is 0 Å². The lowest BCUT2D eigenvalue weighted by atomic mass is 9.97. The number of nitrogens with zero attached hydrogens (tertiary/aromatic N) is 1. The summed E-state index contributed by atoms with van der Waals surface area (Å²) in [6.45, 7) is 3.15. The Balaban J connectivity index is 2.24. The first-order chi connectivity index (χ1) is 6.77. The van der Waals surface area contributed by atoms with Gasteiger partial charge in [0.2, 0.25) is 0 Å². The van der Waals surface area contributed by atoms with Crippen LogP contribution in [-0.4, -0.2) is 11.5 Å². The van der Waals surface area contributed by atoms with Crippen LogP contribution in [0.2, 0.25) is 0 Å². The quantitative estimate of drug-likeness (QED) is 0.711. The molecule has 1 fully saturated rings. The average Bonchev–Trinajstić information content (AvgIpc) is 2.23. The van der Waals surface area contributed by atoms with Crippen LogP contribution in [0.1, 0.15) is 36.4 Å². The molecule has 0 aliphatic carbocycles. The monoisotopic (exact) mass is 191 g/mol. The van der Waals surface area contributed by atoms with Crippen molar-refractivity contribution >= 4 is 5.82 Å². The van der Waals surface area contributed by atoms with Gasteiger partial charge in [0, 0.05) is 17.8 Å². The normalized spacial score (nSPS) is 22.2. The lowest BCUT2D eigenvalue weighted by Gasteiger charge is -2.24. The SMILES string of the molecule is Cc1cnc(N)c([C@@H]2CCCCN2)c1. The third kappa shape index (κ3) is 1.87. The summed E-state index contributed by atoms with van der Waals surface area (Å²) in [5, 5.41) is 3.48. The Labute approximate surface area is 84.7 Å². The van der Waals surface area contributed by atoms with Crippen LogP contribution in [0, 0.1) is 6.92 Å². The zero-order valence-electron chi connectivity index (χ0n) is 8.59. The second kappa shape index (κ2) is 3.96. The van der Waals surface area contributed by atoms with E-state index < -0.39 is 0 Å². The number of nitrogen functional groups attached to an aromatic ring is 1. The maximum atomic E-state index is 5.87. The van der Waals surface area contributed by atoms with Gasteiger partial charge in [-0.2, -0.15) is 0 Å². The molecule has 3 heteroatoms. The molecule has 3 N–H and O–H groups in total. The van der Waals surface area contributed by atoms with Crippen molar-refractivity contribution in [3.8, 4) is 0 Å². The van der Waals surface area contributed by atoms with Crippen molar-refractivity contribution in [1.82, 2.24) is 10.3 Å². The molecule has 0 spiro atoms. The Morgan fingerprint density at radius 3 is 3.07 bits per heavy atom. The van der Waals surface area contributed by atoms with E-state index in [4.69, 9.17) is 5.73 Å². The van der Waals surface area contributed by atoms with Gasteiger partial charge in [0.1, 0.15) is 5.82 Å². The molecule has 1 aliphatic rings. The number of pyridine rings is 1. The number of hydrogen-bond acceptors (Lipinski definition) is 3. The summed E-state index contributed by atoms with van der Waals surface area (Å²) in [5.74, 6) is 0.676. The van der Waals surface area contributed by atoms with Crippen LogP contribution in [0.25, 0.3) is 0 Å². The van der Waals surface area contributed by atoms with Gasteiger partial charge in [-0.05, 0) is 37.9 Å². The highest BCUT2D eigenvalue weighted by Crippen LogP contribution is 2.26. The Bertz CT molecular complexity index is 316. The first kappa shape index (κ1) is 9.46. The van der Waals surface area contributed by atoms with Crippen molar-refractivity contribution in [3.63, 3.8) is 0 Å². The van der Waals surface area contributed by atoms with Crippen LogP contribution in [0.15, 0.2) is 12.3 Å². The topological polar surface area (TPSA) is 50.9 Å². The van der Waals surface area contributed by atoms with Crippen molar-refractivity contribution in [2.75, 3.05) is 12.3 Å². The summed E-state index contributed by atoms with van der Waals surface area (Å²) in [6.07, 6.45) is 5.55. The van der Waals surface area contributed by atoms with E-state index in [9.17, 15) is 0 Å². The van der Waals surface area contributed by atoms with Crippen LogP contribution >= 0.6 is 0 Å². The molecule has 1 saturated heterocycles. The molecule has 1 aromatic heterocycles. The second-order valence-corrected chi connectivity index (χ2v) is 3.99. The minimum atomic E-state index is 0.413. The fourth-order valence-electron chi connectivity index (χ4n) is 2.00. The number of aryl methyl sites for hydroxylation is 1. The molecule has 1 aliphatic heterocycles. The smallest absolute Gasteiger partial charge is 0.128 e. The first-order valence-corrected chi connectivity index (χ1v) is 5.23. The highest BCUT2D eigenvalue weighted by Gasteiger charge is 2.17. The molecule has 0 amide bonds. The van der Waals surface area contributed by atoms with Gasteiger partial charge < -0.3 is 11.1 Å². The van der Waals surface area contributed by atoms with Crippen molar-refractivity contribution in [2.45, 2.75) is 32.2 Å². The van der Waals surface area contributed by atoms with E-state index in [2.05, 4.69) is 23.3 Å². The maximum absolute atomic E-state index is 5.87. The third-order valence-electron chi connectivity index (χ3n) is 2.77. The van der Waals surface area contributed by atoms with E-state index in [-0.39, 0.29) is 0 Å². The van der Waals surface area contributed by atoms with Gasteiger partial charge in [0.05, 0.1) is 0 Å². The largest absolute Gasteiger partial charge is 0.383 e. The summed E-state index contributed by atoms with van der Waals surface area (Å²) in [4.78, 5) is 4.19. The minimum Gasteiger partial charge on any atom is -0.383 e. The molecule has 3 nitrogen and oxygen atoms in total. The first-order valence-electron chi connectivity index (χ1n) is 5.23. The molecular formula is C11H17N3. The number of nitrogens with one attached hydrogen (secondary N) is 1. The highest BCUT2D eigenvalue weighted by atomic mass is 14.9. The molecule has 0 saturated carbocycles. The summed E-state index contributed by atoms with van der Waals surface area (Å²) >= 11 is 0. The Morgan fingerprint density at radius 1 is 1.50 bits per heavy atom. The van der Waals surface area contributed by atoms with E-state index in [1.54, 1.807) is 0 Å². The number of nitrogens with two attached hydrogens (primary N) is 1. The Kier molecular flexibility index (Phi) is 2.68. The third-order valence-corrected chi connectivity index (χ3v) is 2.77.